The molecule has 4 rings (SSSR count). The minimum absolute atomic E-state index is 0.0742. The van der Waals surface area contributed by atoms with E-state index in [1.807, 2.05) is 31.5 Å². The van der Waals surface area contributed by atoms with E-state index in [4.69, 9.17) is 4.52 Å². The largest absolute Gasteiger partial charge is 0.361 e. The average Bonchev–Trinajstić information content (AvgIpc) is 3.18. The van der Waals surface area contributed by atoms with Gasteiger partial charge >= 0.3 is 0 Å². The number of aromatic nitrogens is 2. The van der Waals surface area contributed by atoms with Crippen molar-refractivity contribution in [2.45, 2.75) is 51.7 Å². The molecular weight excluding hydrogens is 366 g/mol. The number of piperidine rings is 2. The van der Waals surface area contributed by atoms with Crippen molar-refractivity contribution >= 4 is 5.91 Å². The van der Waals surface area contributed by atoms with Crippen LogP contribution in [0.5, 0.6) is 0 Å². The predicted octanol–water partition coefficient (Wildman–Crippen LogP) is 2.37. The number of amides is 1. The van der Waals surface area contributed by atoms with Crippen molar-refractivity contribution in [3.8, 4) is 0 Å². The van der Waals surface area contributed by atoms with E-state index in [1.54, 1.807) is 0 Å². The first-order valence-electron chi connectivity index (χ1n) is 10.7. The van der Waals surface area contributed by atoms with Crippen molar-refractivity contribution < 1.29 is 9.32 Å². The summed E-state index contributed by atoms with van der Waals surface area (Å²) in [5.74, 6) is 0.988. The van der Waals surface area contributed by atoms with Crippen molar-refractivity contribution in [1.82, 2.24) is 25.3 Å². The van der Waals surface area contributed by atoms with Crippen LogP contribution in [0.3, 0.4) is 0 Å². The zero-order valence-electron chi connectivity index (χ0n) is 17.2. The van der Waals surface area contributed by atoms with Gasteiger partial charge in [-0.2, -0.15) is 0 Å². The predicted molar refractivity (Wildman–Crippen MR) is 110 cm³/mol. The second kappa shape index (κ2) is 9.50. The Hall–Kier alpha value is -2.25. The molecule has 7 heteroatoms. The van der Waals surface area contributed by atoms with Crippen molar-refractivity contribution in [1.29, 1.82) is 0 Å². The van der Waals surface area contributed by atoms with Crippen molar-refractivity contribution in [3.05, 3.63) is 47.6 Å². The van der Waals surface area contributed by atoms with Gasteiger partial charge in [0.2, 0.25) is 5.91 Å². The molecule has 0 bridgehead atoms. The van der Waals surface area contributed by atoms with Crippen LogP contribution >= 0.6 is 0 Å². The van der Waals surface area contributed by atoms with Gasteiger partial charge < -0.3 is 9.84 Å². The van der Waals surface area contributed by atoms with Crippen LogP contribution in [0.2, 0.25) is 0 Å². The Morgan fingerprint density at radius 1 is 1.28 bits per heavy atom. The Bertz CT molecular complexity index is 786. The molecule has 2 fully saturated rings. The summed E-state index contributed by atoms with van der Waals surface area (Å²) in [4.78, 5) is 21.9. The van der Waals surface area contributed by atoms with Crippen molar-refractivity contribution in [2.24, 2.45) is 5.92 Å². The van der Waals surface area contributed by atoms with E-state index < -0.39 is 0 Å². The van der Waals surface area contributed by atoms with Crippen molar-refractivity contribution in [2.75, 3.05) is 26.2 Å². The molecule has 0 aromatic carbocycles. The van der Waals surface area contributed by atoms with Crippen LogP contribution < -0.4 is 5.32 Å². The zero-order chi connectivity index (χ0) is 20.1. The fraction of sp³-hybridized carbons (Fsp3) is 0.591. The molecule has 4 heterocycles. The molecule has 0 spiro atoms. The second-order valence-electron chi connectivity index (χ2n) is 8.35. The van der Waals surface area contributed by atoms with E-state index in [0.717, 1.165) is 57.0 Å². The van der Waals surface area contributed by atoms with E-state index in [1.165, 1.54) is 18.4 Å². The first-order chi connectivity index (χ1) is 14.2. The number of carbonyl (C=O) groups is 1. The highest BCUT2D eigenvalue weighted by atomic mass is 16.5. The molecule has 2 aliphatic rings. The number of aryl methyl sites for hydroxylation is 1. The summed E-state index contributed by atoms with van der Waals surface area (Å²) in [6.07, 6.45) is 8.20. The highest BCUT2D eigenvalue weighted by molar-refractivity contribution is 5.78. The number of carbonyl (C=O) groups excluding carboxylic acids is 1. The smallest absolute Gasteiger partial charge is 0.224 e. The molecule has 1 amide bonds. The SMILES string of the molecule is Cc1cc(CNC(=O)[C@H]2CCCN(C3CCN(Cc4cccnc4)CC3)C2)no1. The molecule has 29 heavy (non-hydrogen) atoms. The van der Waals surface area contributed by atoms with Crippen LogP contribution in [-0.4, -0.2) is 58.1 Å². The fourth-order valence-corrected chi connectivity index (χ4v) is 4.57. The first-order valence-corrected chi connectivity index (χ1v) is 10.7. The lowest BCUT2D eigenvalue weighted by Gasteiger charge is -2.42. The molecule has 0 unspecified atom stereocenters. The lowest BCUT2D eigenvalue weighted by atomic mass is 9.93. The number of nitrogens with zero attached hydrogens (tertiary/aromatic N) is 4. The third-order valence-corrected chi connectivity index (χ3v) is 6.15. The lowest BCUT2D eigenvalue weighted by Crippen LogP contribution is -2.50. The van der Waals surface area contributed by atoms with Gasteiger partial charge in [-0.25, -0.2) is 0 Å². The summed E-state index contributed by atoms with van der Waals surface area (Å²) in [6.45, 7) is 7.49. The molecule has 0 radical (unpaired) electrons. The molecule has 0 aliphatic carbocycles. The molecule has 2 saturated heterocycles. The fourth-order valence-electron chi connectivity index (χ4n) is 4.57. The Kier molecular flexibility index (Phi) is 6.56. The van der Waals surface area contributed by atoms with Crippen LogP contribution in [0.25, 0.3) is 0 Å². The third kappa shape index (κ3) is 5.42. The minimum Gasteiger partial charge on any atom is -0.361 e. The molecule has 7 nitrogen and oxygen atoms in total. The highest BCUT2D eigenvalue weighted by Gasteiger charge is 2.31. The number of nitrogens with one attached hydrogen (secondary N) is 1. The molecule has 0 saturated carbocycles. The molecule has 156 valence electrons. The van der Waals surface area contributed by atoms with E-state index in [9.17, 15) is 4.79 Å². The molecule has 2 aromatic rings. The van der Waals surface area contributed by atoms with Gasteiger partial charge in [0.25, 0.3) is 0 Å². The summed E-state index contributed by atoms with van der Waals surface area (Å²) in [5.41, 5.74) is 2.06. The topological polar surface area (TPSA) is 74.5 Å². The molecule has 1 atom stereocenters. The Morgan fingerprint density at radius 3 is 2.86 bits per heavy atom. The zero-order valence-corrected chi connectivity index (χ0v) is 17.2. The van der Waals surface area contributed by atoms with Crippen LogP contribution in [0, 0.1) is 12.8 Å². The van der Waals surface area contributed by atoms with Gasteiger partial charge in [0.1, 0.15) is 11.5 Å². The number of likely N-dealkylation sites (tertiary alicyclic amines) is 2. The summed E-state index contributed by atoms with van der Waals surface area (Å²) >= 11 is 0. The molecule has 2 aliphatic heterocycles. The van der Waals surface area contributed by atoms with Crippen molar-refractivity contribution in [3.63, 3.8) is 0 Å². The van der Waals surface area contributed by atoms with Crippen LogP contribution in [0.4, 0.5) is 0 Å². The molecule has 2 aromatic heterocycles. The Labute approximate surface area is 172 Å². The minimum atomic E-state index is 0.0742. The van der Waals surface area contributed by atoms with Gasteiger partial charge in [0.15, 0.2) is 0 Å². The standard InChI is InChI=1S/C22H31N5O2/c1-17-12-20(25-29-17)14-24-22(28)19-5-3-9-27(16-19)21-6-10-26(11-7-21)15-18-4-2-8-23-13-18/h2,4,8,12-13,19,21H,3,5-7,9-11,14-16H2,1H3,(H,24,28)/t19-/m0/s1. The number of hydrogen-bond donors (Lipinski definition) is 1. The summed E-state index contributed by atoms with van der Waals surface area (Å²) in [7, 11) is 0. The summed E-state index contributed by atoms with van der Waals surface area (Å²) < 4.78 is 5.07. The van der Waals surface area contributed by atoms with E-state index in [0.29, 0.717) is 12.6 Å². The van der Waals surface area contributed by atoms with E-state index in [-0.39, 0.29) is 11.8 Å². The highest BCUT2D eigenvalue weighted by Crippen LogP contribution is 2.24. The number of pyridine rings is 1. The van der Waals surface area contributed by atoms with Crippen LogP contribution in [0.15, 0.2) is 35.1 Å². The summed E-state index contributed by atoms with van der Waals surface area (Å²) in [6, 6.07) is 6.61. The van der Waals surface area contributed by atoms with E-state index >= 15 is 0 Å². The molecular formula is C22H31N5O2. The maximum absolute atomic E-state index is 12.7. The number of hydrogen-bond acceptors (Lipinski definition) is 6. The third-order valence-electron chi connectivity index (χ3n) is 6.15. The molecule has 1 N–H and O–H groups in total. The average molecular weight is 398 g/mol. The maximum Gasteiger partial charge on any atom is 0.224 e. The number of rotatable bonds is 6. The van der Waals surface area contributed by atoms with Gasteiger partial charge in [-0.3, -0.25) is 19.6 Å². The van der Waals surface area contributed by atoms with Crippen LogP contribution in [0.1, 0.15) is 42.7 Å². The quantitative estimate of drug-likeness (QED) is 0.807. The lowest BCUT2D eigenvalue weighted by molar-refractivity contribution is -0.127. The first kappa shape index (κ1) is 20.0. The Morgan fingerprint density at radius 2 is 2.14 bits per heavy atom. The van der Waals surface area contributed by atoms with Crippen LogP contribution in [-0.2, 0) is 17.9 Å². The summed E-state index contributed by atoms with van der Waals surface area (Å²) in [5, 5.41) is 6.99. The monoisotopic (exact) mass is 397 g/mol. The van der Waals surface area contributed by atoms with Gasteiger partial charge in [-0.05, 0) is 63.9 Å². The maximum atomic E-state index is 12.7. The van der Waals surface area contributed by atoms with Gasteiger partial charge in [0.05, 0.1) is 12.5 Å². The second-order valence-corrected chi connectivity index (χ2v) is 8.35. The normalized spacial score (nSPS) is 21.9. The van der Waals surface area contributed by atoms with E-state index in [2.05, 4.69) is 31.3 Å². The Balaban J connectivity index is 1.23. The van der Waals surface area contributed by atoms with Gasteiger partial charge in [-0.15, -0.1) is 0 Å². The van der Waals surface area contributed by atoms with Gasteiger partial charge in [-0.1, -0.05) is 11.2 Å². The van der Waals surface area contributed by atoms with Gasteiger partial charge in [0, 0.05) is 37.6 Å².